The largest absolute Gasteiger partial charge is 0.481 e. The molecule has 2 fully saturated rings. The fourth-order valence-electron chi connectivity index (χ4n) is 3.03. The molecule has 0 aromatic rings. The zero-order chi connectivity index (χ0) is 12.4. The Morgan fingerprint density at radius 1 is 1.65 bits per heavy atom. The standard InChI is InChI=1S/C12H20N2O3/c1-8(4-5-11(15)16)14-6-2-3-9-10(14)7-13-12(9)17/h8-10H,2-7H2,1H3,(H,13,17)(H,15,16). The third-order valence-corrected chi connectivity index (χ3v) is 3.99. The summed E-state index contributed by atoms with van der Waals surface area (Å²) in [7, 11) is 0. The van der Waals surface area contributed by atoms with Crippen molar-refractivity contribution in [1.29, 1.82) is 0 Å². The van der Waals surface area contributed by atoms with Crippen molar-refractivity contribution in [2.24, 2.45) is 5.92 Å². The summed E-state index contributed by atoms with van der Waals surface area (Å²) >= 11 is 0. The van der Waals surface area contributed by atoms with Crippen LogP contribution in [0, 0.1) is 5.92 Å². The molecule has 0 radical (unpaired) electrons. The number of hydrogen-bond donors (Lipinski definition) is 2. The third kappa shape index (κ3) is 2.60. The summed E-state index contributed by atoms with van der Waals surface area (Å²) in [6.45, 7) is 3.77. The lowest BCUT2D eigenvalue weighted by molar-refractivity contribution is -0.137. The minimum absolute atomic E-state index is 0.121. The molecule has 5 heteroatoms. The van der Waals surface area contributed by atoms with E-state index in [4.69, 9.17) is 5.11 Å². The summed E-state index contributed by atoms with van der Waals surface area (Å²) < 4.78 is 0. The fourth-order valence-corrected chi connectivity index (χ4v) is 3.03. The van der Waals surface area contributed by atoms with E-state index in [-0.39, 0.29) is 30.3 Å². The third-order valence-electron chi connectivity index (χ3n) is 3.99. The molecule has 2 aliphatic rings. The van der Waals surface area contributed by atoms with E-state index in [1.54, 1.807) is 0 Å². The van der Waals surface area contributed by atoms with Crippen molar-refractivity contribution in [2.45, 2.75) is 44.7 Å². The number of nitrogens with one attached hydrogen (secondary N) is 1. The zero-order valence-corrected chi connectivity index (χ0v) is 10.2. The second kappa shape index (κ2) is 5.04. The molecule has 5 nitrogen and oxygen atoms in total. The Morgan fingerprint density at radius 3 is 3.12 bits per heavy atom. The molecule has 0 saturated carbocycles. The van der Waals surface area contributed by atoms with Gasteiger partial charge in [-0.3, -0.25) is 14.5 Å². The highest BCUT2D eigenvalue weighted by Crippen LogP contribution is 2.29. The van der Waals surface area contributed by atoms with Gasteiger partial charge in [0.2, 0.25) is 5.91 Å². The number of aliphatic carboxylic acids is 1. The molecule has 2 rings (SSSR count). The quantitative estimate of drug-likeness (QED) is 0.748. The summed E-state index contributed by atoms with van der Waals surface area (Å²) in [4.78, 5) is 24.5. The number of piperidine rings is 1. The van der Waals surface area contributed by atoms with E-state index in [2.05, 4.69) is 17.1 Å². The topological polar surface area (TPSA) is 69.6 Å². The van der Waals surface area contributed by atoms with Gasteiger partial charge >= 0.3 is 5.97 Å². The molecule has 0 bridgehead atoms. The Morgan fingerprint density at radius 2 is 2.41 bits per heavy atom. The van der Waals surface area contributed by atoms with Gasteiger partial charge in [-0.15, -0.1) is 0 Å². The van der Waals surface area contributed by atoms with Crippen LogP contribution in [0.2, 0.25) is 0 Å². The van der Waals surface area contributed by atoms with Crippen LogP contribution in [0.15, 0.2) is 0 Å². The van der Waals surface area contributed by atoms with Crippen LogP contribution in [-0.4, -0.2) is 47.1 Å². The Balaban J connectivity index is 1.95. The summed E-state index contributed by atoms with van der Waals surface area (Å²) in [5.74, 6) is -0.452. The molecule has 0 aromatic carbocycles. The van der Waals surface area contributed by atoms with Crippen molar-refractivity contribution in [3.63, 3.8) is 0 Å². The molecule has 2 saturated heterocycles. The minimum atomic E-state index is -0.744. The second-order valence-corrected chi connectivity index (χ2v) is 5.08. The number of carboxylic acids is 1. The average Bonchev–Trinajstić information content (AvgIpc) is 2.68. The maximum atomic E-state index is 11.6. The van der Waals surface area contributed by atoms with Crippen molar-refractivity contribution in [3.8, 4) is 0 Å². The highest BCUT2D eigenvalue weighted by Gasteiger charge is 2.41. The number of hydrogen-bond acceptors (Lipinski definition) is 3. The van der Waals surface area contributed by atoms with Crippen molar-refractivity contribution in [1.82, 2.24) is 10.2 Å². The Hall–Kier alpha value is -1.10. The van der Waals surface area contributed by atoms with Crippen LogP contribution in [0.3, 0.4) is 0 Å². The Bertz CT molecular complexity index is 319. The molecule has 2 aliphatic heterocycles. The molecule has 2 heterocycles. The van der Waals surface area contributed by atoms with Gasteiger partial charge in [0.1, 0.15) is 0 Å². The van der Waals surface area contributed by atoms with Gasteiger partial charge in [0.15, 0.2) is 0 Å². The maximum absolute atomic E-state index is 11.6. The molecule has 2 N–H and O–H groups in total. The Labute approximate surface area is 101 Å². The molecule has 0 aromatic heterocycles. The zero-order valence-electron chi connectivity index (χ0n) is 10.2. The van der Waals surface area contributed by atoms with Crippen LogP contribution >= 0.6 is 0 Å². The highest BCUT2D eigenvalue weighted by molar-refractivity contribution is 5.82. The smallest absolute Gasteiger partial charge is 0.303 e. The van der Waals surface area contributed by atoms with Gasteiger partial charge in [0.05, 0.1) is 5.92 Å². The molecule has 17 heavy (non-hydrogen) atoms. The van der Waals surface area contributed by atoms with E-state index >= 15 is 0 Å². The lowest BCUT2D eigenvalue weighted by Gasteiger charge is -2.40. The molecule has 0 aliphatic carbocycles. The van der Waals surface area contributed by atoms with Gasteiger partial charge in [-0.25, -0.2) is 0 Å². The van der Waals surface area contributed by atoms with Crippen LogP contribution < -0.4 is 5.32 Å². The van der Waals surface area contributed by atoms with Crippen molar-refractivity contribution >= 4 is 11.9 Å². The van der Waals surface area contributed by atoms with Gasteiger partial charge in [-0.1, -0.05) is 0 Å². The van der Waals surface area contributed by atoms with Gasteiger partial charge in [0, 0.05) is 25.0 Å². The number of amides is 1. The van der Waals surface area contributed by atoms with Crippen LogP contribution in [0.1, 0.15) is 32.6 Å². The van der Waals surface area contributed by atoms with Gasteiger partial charge in [-0.05, 0) is 32.7 Å². The summed E-state index contributed by atoms with van der Waals surface area (Å²) in [6.07, 6.45) is 2.87. The first-order valence-corrected chi connectivity index (χ1v) is 6.35. The number of carbonyl (C=O) groups is 2. The highest BCUT2D eigenvalue weighted by atomic mass is 16.4. The normalized spacial score (nSPS) is 30.8. The number of nitrogens with zero attached hydrogens (tertiary/aromatic N) is 1. The van der Waals surface area contributed by atoms with E-state index in [1.807, 2.05) is 0 Å². The molecule has 1 amide bonds. The monoisotopic (exact) mass is 240 g/mol. The van der Waals surface area contributed by atoms with Crippen LogP contribution in [0.5, 0.6) is 0 Å². The summed E-state index contributed by atoms with van der Waals surface area (Å²) in [5, 5.41) is 11.6. The molecular formula is C12H20N2O3. The molecular weight excluding hydrogens is 220 g/mol. The van der Waals surface area contributed by atoms with E-state index in [9.17, 15) is 9.59 Å². The molecule has 0 spiro atoms. The number of carboxylic acid groups (broad SMARTS) is 1. The van der Waals surface area contributed by atoms with Gasteiger partial charge in [0.25, 0.3) is 0 Å². The summed E-state index contributed by atoms with van der Waals surface area (Å²) in [5.41, 5.74) is 0. The van der Waals surface area contributed by atoms with Crippen molar-refractivity contribution in [2.75, 3.05) is 13.1 Å². The van der Waals surface area contributed by atoms with E-state index < -0.39 is 5.97 Å². The number of rotatable bonds is 4. The molecule has 3 atom stereocenters. The summed E-state index contributed by atoms with van der Waals surface area (Å²) in [6, 6.07) is 0.520. The minimum Gasteiger partial charge on any atom is -0.481 e. The second-order valence-electron chi connectivity index (χ2n) is 5.08. The van der Waals surface area contributed by atoms with E-state index in [0.29, 0.717) is 6.42 Å². The first kappa shape index (κ1) is 12.4. The number of fused-ring (bicyclic) bond motifs is 1. The fraction of sp³-hybridized carbons (Fsp3) is 0.833. The van der Waals surface area contributed by atoms with Crippen molar-refractivity contribution < 1.29 is 14.7 Å². The predicted octanol–water partition coefficient (Wildman–Crippen LogP) is 0.450. The lowest BCUT2D eigenvalue weighted by atomic mass is 9.90. The maximum Gasteiger partial charge on any atom is 0.303 e. The first-order valence-electron chi connectivity index (χ1n) is 6.35. The molecule has 3 unspecified atom stereocenters. The first-order chi connectivity index (χ1) is 8.09. The van der Waals surface area contributed by atoms with E-state index in [1.165, 1.54) is 0 Å². The number of likely N-dealkylation sites (tertiary alicyclic amines) is 1. The Kier molecular flexibility index (Phi) is 3.66. The SMILES string of the molecule is CC(CCC(=O)O)N1CCCC2C(=O)NCC21. The van der Waals surface area contributed by atoms with Crippen LogP contribution in [0.25, 0.3) is 0 Å². The predicted molar refractivity (Wildman–Crippen MR) is 62.6 cm³/mol. The lowest BCUT2D eigenvalue weighted by Crippen LogP contribution is -2.49. The average molecular weight is 240 g/mol. The molecule has 96 valence electrons. The van der Waals surface area contributed by atoms with Gasteiger partial charge < -0.3 is 10.4 Å². The number of carbonyl (C=O) groups excluding carboxylic acids is 1. The van der Waals surface area contributed by atoms with Gasteiger partial charge in [-0.2, -0.15) is 0 Å². The van der Waals surface area contributed by atoms with Crippen LogP contribution in [-0.2, 0) is 9.59 Å². The van der Waals surface area contributed by atoms with Crippen molar-refractivity contribution in [3.05, 3.63) is 0 Å². The van der Waals surface area contributed by atoms with E-state index in [0.717, 1.165) is 25.9 Å². The van der Waals surface area contributed by atoms with Crippen LogP contribution in [0.4, 0.5) is 0 Å².